The number of aromatic nitrogens is 1. The van der Waals surface area contributed by atoms with E-state index in [0.717, 1.165) is 0 Å². The molecule has 3 atom stereocenters. The topological polar surface area (TPSA) is 82.0 Å². The Bertz CT molecular complexity index is 805. The molecule has 0 radical (unpaired) electrons. The maximum atomic E-state index is 12.5. The van der Waals surface area contributed by atoms with Crippen LogP contribution in [0.1, 0.15) is 46.0 Å². The van der Waals surface area contributed by atoms with Gasteiger partial charge >= 0.3 is 5.97 Å². The van der Waals surface area contributed by atoms with Gasteiger partial charge in [-0.25, -0.2) is 14.8 Å². The normalized spacial score (nSPS) is 26.5. The summed E-state index contributed by atoms with van der Waals surface area (Å²) in [7, 11) is 0. The monoisotopic (exact) mass is 401 g/mol. The first kappa shape index (κ1) is 21.5. The Morgan fingerprint density at radius 3 is 2.66 bits per heavy atom. The van der Waals surface area contributed by atoms with Crippen LogP contribution in [-0.2, 0) is 24.7 Å². The van der Waals surface area contributed by atoms with E-state index >= 15 is 0 Å². The molecule has 0 aliphatic carbocycles. The highest BCUT2D eigenvalue weighted by Crippen LogP contribution is 2.36. The largest absolute Gasteiger partial charge is 0.474 e. The number of aliphatic imine (C=N–C) groups is 1. The third-order valence-electron chi connectivity index (χ3n) is 5.39. The van der Waals surface area contributed by atoms with Crippen molar-refractivity contribution in [1.82, 2.24) is 10.3 Å². The fourth-order valence-electron chi connectivity index (χ4n) is 3.38. The molecule has 1 saturated heterocycles. The summed E-state index contributed by atoms with van der Waals surface area (Å²) < 4.78 is 17.1. The van der Waals surface area contributed by atoms with Crippen LogP contribution in [0.3, 0.4) is 0 Å². The fraction of sp³-hybridized carbons (Fsp3) is 0.591. The summed E-state index contributed by atoms with van der Waals surface area (Å²) >= 11 is 0. The Hall–Kier alpha value is -2.25. The molecule has 3 heterocycles. The Balaban J connectivity index is 1.98. The molecule has 0 spiro atoms. The molecule has 1 N–H and O–H groups in total. The van der Waals surface area contributed by atoms with E-state index in [9.17, 15) is 4.79 Å². The second-order valence-electron chi connectivity index (χ2n) is 8.15. The molecule has 0 aromatic carbocycles. The van der Waals surface area contributed by atoms with Crippen LogP contribution < -0.4 is 5.32 Å². The quantitative estimate of drug-likeness (QED) is 0.559. The number of pyridine rings is 1. The third kappa shape index (κ3) is 4.21. The second kappa shape index (κ2) is 8.63. The molecule has 0 amide bonds. The van der Waals surface area contributed by atoms with E-state index in [1.54, 1.807) is 6.92 Å². The SMILES string of the molecule is C=C(C(=O)OCC)C1(c2cccc(C3=N[C@@H](C(C)C)CO3)n2)N[C@@H](C(C)C)CO1. The number of carbonyl (C=O) groups excluding carboxylic acids is 1. The van der Waals surface area contributed by atoms with E-state index in [-0.39, 0.29) is 24.3 Å². The minimum Gasteiger partial charge on any atom is -0.474 e. The van der Waals surface area contributed by atoms with Crippen molar-refractivity contribution < 1.29 is 19.0 Å². The smallest absolute Gasteiger partial charge is 0.338 e. The van der Waals surface area contributed by atoms with Gasteiger partial charge in [-0.2, -0.15) is 0 Å². The molecule has 1 aromatic heterocycles. The minimum absolute atomic E-state index is 0.0528. The average Bonchev–Trinajstić information content (AvgIpc) is 3.36. The van der Waals surface area contributed by atoms with Gasteiger partial charge in [-0.3, -0.25) is 5.32 Å². The Morgan fingerprint density at radius 1 is 1.31 bits per heavy atom. The second-order valence-corrected chi connectivity index (χ2v) is 8.15. The number of hydrogen-bond acceptors (Lipinski definition) is 7. The standard InChI is InChI=1S/C22H31N3O4/c1-7-27-21(26)15(6)22(25-18(12-29-22)14(4)5)19-10-8-9-16(23-19)20-24-17(11-28-20)13(2)3/h8-10,13-14,17-18,25H,6-7,11-12H2,1-5H3/t17-,18-,22?/m1/s1. The van der Waals surface area contributed by atoms with Crippen LogP contribution in [0.5, 0.6) is 0 Å². The number of hydrogen-bond donors (Lipinski definition) is 1. The maximum absolute atomic E-state index is 12.5. The number of nitrogens with zero attached hydrogens (tertiary/aromatic N) is 2. The molecule has 0 saturated carbocycles. The van der Waals surface area contributed by atoms with Crippen LogP contribution in [0.15, 0.2) is 35.3 Å². The lowest BCUT2D eigenvalue weighted by atomic mass is 9.97. The van der Waals surface area contributed by atoms with Crippen molar-refractivity contribution in [2.45, 2.75) is 52.4 Å². The highest BCUT2D eigenvalue weighted by atomic mass is 16.5. The molecule has 1 unspecified atom stereocenters. The van der Waals surface area contributed by atoms with Crippen LogP contribution in [0, 0.1) is 11.8 Å². The molecule has 7 nitrogen and oxygen atoms in total. The first-order chi connectivity index (χ1) is 13.8. The molecule has 1 fully saturated rings. The van der Waals surface area contributed by atoms with Gasteiger partial charge in [0.1, 0.15) is 12.3 Å². The van der Waals surface area contributed by atoms with Gasteiger partial charge in [0.2, 0.25) is 5.90 Å². The van der Waals surface area contributed by atoms with Gasteiger partial charge in [-0.15, -0.1) is 0 Å². The Labute approximate surface area is 172 Å². The molecule has 0 bridgehead atoms. The van der Waals surface area contributed by atoms with Crippen molar-refractivity contribution in [2.75, 3.05) is 19.8 Å². The lowest BCUT2D eigenvalue weighted by molar-refractivity contribution is -0.142. The highest BCUT2D eigenvalue weighted by Gasteiger charge is 2.49. The molecule has 7 heteroatoms. The van der Waals surface area contributed by atoms with Crippen molar-refractivity contribution in [3.05, 3.63) is 41.7 Å². The van der Waals surface area contributed by atoms with E-state index in [1.807, 2.05) is 18.2 Å². The van der Waals surface area contributed by atoms with Crippen LogP contribution >= 0.6 is 0 Å². The zero-order chi connectivity index (χ0) is 21.2. The molecule has 158 valence electrons. The molecule has 2 aliphatic rings. The zero-order valence-corrected chi connectivity index (χ0v) is 17.9. The average molecular weight is 402 g/mol. The number of rotatable bonds is 7. The van der Waals surface area contributed by atoms with Gasteiger partial charge in [0.25, 0.3) is 0 Å². The van der Waals surface area contributed by atoms with Gasteiger partial charge in [-0.05, 0) is 30.9 Å². The van der Waals surface area contributed by atoms with Crippen LogP contribution in [0.2, 0.25) is 0 Å². The van der Waals surface area contributed by atoms with E-state index in [1.165, 1.54) is 0 Å². The third-order valence-corrected chi connectivity index (χ3v) is 5.39. The van der Waals surface area contributed by atoms with Crippen LogP contribution in [-0.4, -0.2) is 48.8 Å². The Kier molecular flexibility index (Phi) is 6.39. The van der Waals surface area contributed by atoms with Crippen LogP contribution in [0.4, 0.5) is 0 Å². The molecule has 29 heavy (non-hydrogen) atoms. The lowest BCUT2D eigenvalue weighted by Gasteiger charge is -2.30. The van der Waals surface area contributed by atoms with Crippen molar-refractivity contribution in [2.24, 2.45) is 16.8 Å². The van der Waals surface area contributed by atoms with Gasteiger partial charge in [0, 0.05) is 6.04 Å². The number of nitrogens with one attached hydrogen (secondary N) is 1. The summed E-state index contributed by atoms with van der Waals surface area (Å²) in [6, 6.07) is 5.70. The summed E-state index contributed by atoms with van der Waals surface area (Å²) in [5.74, 6) is 0.702. The van der Waals surface area contributed by atoms with Crippen molar-refractivity contribution in [3.63, 3.8) is 0 Å². The predicted octanol–water partition coefficient (Wildman–Crippen LogP) is 2.80. The van der Waals surface area contributed by atoms with Crippen molar-refractivity contribution in [1.29, 1.82) is 0 Å². The van der Waals surface area contributed by atoms with Gasteiger partial charge in [0.15, 0.2) is 5.72 Å². The zero-order valence-electron chi connectivity index (χ0n) is 17.9. The van der Waals surface area contributed by atoms with E-state index < -0.39 is 11.7 Å². The highest BCUT2D eigenvalue weighted by molar-refractivity contribution is 5.93. The summed E-state index contributed by atoms with van der Waals surface area (Å²) in [4.78, 5) is 21.9. The maximum Gasteiger partial charge on any atom is 0.338 e. The Morgan fingerprint density at radius 2 is 2.07 bits per heavy atom. The number of esters is 1. The van der Waals surface area contributed by atoms with Crippen molar-refractivity contribution in [3.8, 4) is 0 Å². The summed E-state index contributed by atoms with van der Waals surface area (Å²) in [6.07, 6.45) is 0. The van der Waals surface area contributed by atoms with Gasteiger partial charge in [0.05, 0.1) is 30.5 Å². The van der Waals surface area contributed by atoms with Crippen LogP contribution in [0.25, 0.3) is 0 Å². The molecule has 2 aliphatic heterocycles. The number of carbonyl (C=O) groups is 1. The van der Waals surface area contributed by atoms with E-state index in [4.69, 9.17) is 19.2 Å². The van der Waals surface area contributed by atoms with Crippen molar-refractivity contribution >= 4 is 11.9 Å². The fourth-order valence-corrected chi connectivity index (χ4v) is 3.38. The lowest BCUT2D eigenvalue weighted by Crippen LogP contribution is -2.47. The molecular formula is C22H31N3O4. The summed E-state index contributed by atoms with van der Waals surface area (Å²) in [5.41, 5.74) is 0.0884. The first-order valence-electron chi connectivity index (χ1n) is 10.2. The summed E-state index contributed by atoms with van der Waals surface area (Å²) in [5, 5.41) is 3.44. The first-order valence-corrected chi connectivity index (χ1v) is 10.2. The molecular weight excluding hydrogens is 370 g/mol. The van der Waals surface area contributed by atoms with Gasteiger partial charge in [-0.1, -0.05) is 40.3 Å². The minimum atomic E-state index is -1.24. The molecule has 1 aromatic rings. The summed E-state index contributed by atoms with van der Waals surface area (Å²) in [6.45, 7) is 15.4. The van der Waals surface area contributed by atoms with E-state index in [2.05, 4.69) is 44.6 Å². The number of ether oxygens (including phenoxy) is 3. The molecule has 3 rings (SSSR count). The van der Waals surface area contributed by atoms with Gasteiger partial charge < -0.3 is 14.2 Å². The predicted molar refractivity (Wildman–Crippen MR) is 111 cm³/mol. The van der Waals surface area contributed by atoms with E-state index in [0.29, 0.717) is 42.3 Å².